The van der Waals surface area contributed by atoms with E-state index in [1.165, 1.54) is 18.5 Å². The Labute approximate surface area is 194 Å². The van der Waals surface area contributed by atoms with Gasteiger partial charge >= 0.3 is 11.9 Å². The molecule has 1 saturated carbocycles. The van der Waals surface area contributed by atoms with E-state index in [1.807, 2.05) is 19.1 Å². The average molecular weight is 472 g/mol. The molecule has 0 unspecified atom stereocenters. The van der Waals surface area contributed by atoms with Gasteiger partial charge in [-0.3, -0.25) is 13.9 Å². The van der Waals surface area contributed by atoms with E-state index in [0.29, 0.717) is 24.9 Å². The highest BCUT2D eigenvalue weighted by atomic mass is 32.2. The standard InChI is InChI=1S/C25H29NO6S/c1-17-10-12-18(13-11-17)33(29,30)26-21-9-5-4-8-20(21)25(16-14-22(27)31-2)15-6-7-19(23(25)26)24(28)32-3/h4-5,8-13,19,23H,6-7,14-16H2,1-3H3/t19-,23+,25-/m1/s1. The van der Waals surface area contributed by atoms with Crippen LogP contribution in [0.4, 0.5) is 5.69 Å². The Balaban J connectivity index is 1.93. The number of carbonyl (C=O) groups is 2. The molecule has 8 heteroatoms. The van der Waals surface area contributed by atoms with Crippen molar-refractivity contribution in [2.45, 2.75) is 55.4 Å². The molecule has 0 amide bonds. The minimum absolute atomic E-state index is 0.133. The SMILES string of the molecule is COC(=O)CC[C@@]12CCC[C@@H](C(=O)OC)[C@@H]1N(S(=O)(=O)c1ccc(C)cc1)c1ccccc12. The number of esters is 2. The normalized spacial score (nSPS) is 24.0. The number of carbonyl (C=O) groups excluding carboxylic acids is 2. The lowest BCUT2D eigenvalue weighted by Gasteiger charge is -2.45. The summed E-state index contributed by atoms with van der Waals surface area (Å²) in [6.45, 7) is 1.90. The zero-order valence-electron chi connectivity index (χ0n) is 19.1. The van der Waals surface area contributed by atoms with Gasteiger partial charge in [0.1, 0.15) is 0 Å². The average Bonchev–Trinajstić information content (AvgIpc) is 3.13. The Morgan fingerprint density at radius 2 is 1.76 bits per heavy atom. The highest BCUT2D eigenvalue weighted by Gasteiger charge is 2.60. The predicted octanol–water partition coefficient (Wildman–Crippen LogP) is 3.74. The van der Waals surface area contributed by atoms with Crippen LogP contribution in [0.3, 0.4) is 0 Å². The van der Waals surface area contributed by atoms with E-state index in [1.54, 1.807) is 36.4 Å². The third-order valence-electron chi connectivity index (χ3n) is 7.10. The Kier molecular flexibility index (Phi) is 6.22. The molecule has 0 bridgehead atoms. The van der Waals surface area contributed by atoms with Crippen molar-refractivity contribution in [3.63, 3.8) is 0 Å². The Morgan fingerprint density at radius 3 is 2.42 bits per heavy atom. The number of sulfonamides is 1. The maximum absolute atomic E-state index is 14.0. The van der Waals surface area contributed by atoms with Gasteiger partial charge in [-0.2, -0.15) is 0 Å². The molecule has 2 aromatic carbocycles. The number of fused-ring (bicyclic) bond motifs is 3. The lowest BCUT2D eigenvalue weighted by Crippen LogP contribution is -2.56. The Hall–Kier alpha value is -2.87. The molecular formula is C25H29NO6S. The van der Waals surface area contributed by atoms with Gasteiger partial charge in [0.15, 0.2) is 0 Å². The second-order valence-electron chi connectivity index (χ2n) is 8.83. The molecule has 0 N–H and O–H groups in total. The number of rotatable bonds is 6. The largest absolute Gasteiger partial charge is 0.469 e. The van der Waals surface area contributed by atoms with Crippen molar-refractivity contribution >= 4 is 27.6 Å². The molecule has 1 aliphatic carbocycles. The number of nitrogens with zero attached hydrogens (tertiary/aromatic N) is 1. The summed E-state index contributed by atoms with van der Waals surface area (Å²) in [5, 5.41) is 0. The molecular weight excluding hydrogens is 442 g/mol. The van der Waals surface area contributed by atoms with Crippen LogP contribution in [-0.2, 0) is 34.5 Å². The van der Waals surface area contributed by atoms with E-state index in [9.17, 15) is 18.0 Å². The smallest absolute Gasteiger partial charge is 0.310 e. The van der Waals surface area contributed by atoms with Gasteiger partial charge in [-0.1, -0.05) is 42.3 Å². The molecule has 3 atom stereocenters. The van der Waals surface area contributed by atoms with Crippen LogP contribution in [-0.4, -0.2) is 40.6 Å². The number of hydrogen-bond donors (Lipinski definition) is 0. The van der Waals surface area contributed by atoms with E-state index < -0.39 is 33.4 Å². The van der Waals surface area contributed by atoms with Crippen LogP contribution >= 0.6 is 0 Å². The van der Waals surface area contributed by atoms with Crippen molar-refractivity contribution in [2.75, 3.05) is 18.5 Å². The zero-order valence-corrected chi connectivity index (χ0v) is 19.9. The summed E-state index contributed by atoms with van der Waals surface area (Å²) in [4.78, 5) is 25.2. The van der Waals surface area contributed by atoms with E-state index in [-0.39, 0.29) is 17.3 Å². The summed E-state index contributed by atoms with van der Waals surface area (Å²) in [5.74, 6) is -1.44. The van der Waals surface area contributed by atoms with Crippen molar-refractivity contribution in [2.24, 2.45) is 5.92 Å². The summed E-state index contributed by atoms with van der Waals surface area (Å²) in [5.41, 5.74) is 1.67. The fraction of sp³-hybridized carbons (Fsp3) is 0.440. The second-order valence-corrected chi connectivity index (χ2v) is 10.6. The summed E-state index contributed by atoms with van der Waals surface area (Å²) in [6, 6.07) is 13.4. The third kappa shape index (κ3) is 3.80. The van der Waals surface area contributed by atoms with Gasteiger partial charge in [-0.15, -0.1) is 0 Å². The van der Waals surface area contributed by atoms with Crippen LogP contribution in [0.15, 0.2) is 53.4 Å². The highest BCUT2D eigenvalue weighted by molar-refractivity contribution is 7.92. The Morgan fingerprint density at radius 1 is 1.06 bits per heavy atom. The fourth-order valence-electron chi connectivity index (χ4n) is 5.58. The minimum Gasteiger partial charge on any atom is -0.469 e. The summed E-state index contributed by atoms with van der Waals surface area (Å²) in [7, 11) is -1.32. The topological polar surface area (TPSA) is 90.0 Å². The Bertz CT molecular complexity index is 1160. The lowest BCUT2D eigenvalue weighted by atomic mass is 9.62. The van der Waals surface area contributed by atoms with E-state index in [2.05, 4.69) is 0 Å². The molecule has 33 heavy (non-hydrogen) atoms. The molecule has 0 aromatic heterocycles. The van der Waals surface area contributed by atoms with Gasteiger partial charge in [0.25, 0.3) is 10.0 Å². The van der Waals surface area contributed by atoms with Crippen LogP contribution in [0.5, 0.6) is 0 Å². The van der Waals surface area contributed by atoms with Crippen molar-refractivity contribution < 1.29 is 27.5 Å². The number of ether oxygens (including phenoxy) is 2. The maximum Gasteiger partial charge on any atom is 0.310 e. The van der Waals surface area contributed by atoms with Crippen LogP contribution in [0.1, 0.15) is 43.2 Å². The zero-order chi connectivity index (χ0) is 23.8. The van der Waals surface area contributed by atoms with Crippen LogP contribution in [0, 0.1) is 12.8 Å². The van der Waals surface area contributed by atoms with Crippen molar-refractivity contribution in [3.8, 4) is 0 Å². The monoisotopic (exact) mass is 471 g/mol. The second kappa shape index (κ2) is 8.82. The first-order chi connectivity index (χ1) is 15.8. The van der Waals surface area contributed by atoms with Gasteiger partial charge in [0.05, 0.1) is 36.8 Å². The maximum atomic E-state index is 14.0. The molecule has 176 valence electrons. The fourth-order valence-corrected chi connectivity index (χ4v) is 7.36. The molecule has 7 nitrogen and oxygen atoms in total. The molecule has 1 heterocycles. The summed E-state index contributed by atoms with van der Waals surface area (Å²) < 4.78 is 39.5. The minimum atomic E-state index is -3.99. The van der Waals surface area contributed by atoms with Crippen LogP contribution in [0.2, 0.25) is 0 Å². The van der Waals surface area contributed by atoms with Gasteiger partial charge in [-0.05, 0) is 49.9 Å². The quantitative estimate of drug-likeness (QED) is 0.597. The molecule has 2 aromatic rings. The predicted molar refractivity (Wildman–Crippen MR) is 123 cm³/mol. The highest BCUT2D eigenvalue weighted by Crippen LogP contribution is 2.57. The van der Waals surface area contributed by atoms with Crippen molar-refractivity contribution in [1.82, 2.24) is 0 Å². The van der Waals surface area contributed by atoms with Crippen molar-refractivity contribution in [1.29, 1.82) is 0 Å². The first kappa shape index (κ1) is 23.3. The third-order valence-corrected chi connectivity index (χ3v) is 8.91. The number of benzene rings is 2. The van der Waals surface area contributed by atoms with Gasteiger partial charge in [0.2, 0.25) is 0 Å². The van der Waals surface area contributed by atoms with Gasteiger partial charge in [-0.25, -0.2) is 8.42 Å². The number of methoxy groups -OCH3 is 2. The lowest BCUT2D eigenvalue weighted by molar-refractivity contribution is -0.148. The number of anilines is 1. The molecule has 0 spiro atoms. The van der Waals surface area contributed by atoms with Gasteiger partial charge in [0, 0.05) is 11.8 Å². The summed E-state index contributed by atoms with van der Waals surface area (Å²) in [6.07, 6.45) is 2.43. The van der Waals surface area contributed by atoms with E-state index >= 15 is 0 Å². The molecule has 1 aliphatic heterocycles. The molecule has 0 saturated heterocycles. The number of para-hydroxylation sites is 1. The molecule has 4 rings (SSSR count). The van der Waals surface area contributed by atoms with E-state index in [0.717, 1.165) is 17.5 Å². The molecule has 1 fully saturated rings. The molecule has 0 radical (unpaired) electrons. The molecule has 2 aliphatic rings. The van der Waals surface area contributed by atoms with E-state index in [4.69, 9.17) is 9.47 Å². The van der Waals surface area contributed by atoms with Gasteiger partial charge < -0.3 is 9.47 Å². The first-order valence-corrected chi connectivity index (χ1v) is 12.6. The number of hydrogen-bond acceptors (Lipinski definition) is 6. The first-order valence-electron chi connectivity index (χ1n) is 11.1. The van der Waals surface area contributed by atoms with Crippen LogP contribution in [0.25, 0.3) is 0 Å². The van der Waals surface area contributed by atoms with Crippen molar-refractivity contribution in [3.05, 3.63) is 59.7 Å². The van der Waals surface area contributed by atoms with Crippen LogP contribution < -0.4 is 4.31 Å². The number of aryl methyl sites for hydroxylation is 1. The summed E-state index contributed by atoms with van der Waals surface area (Å²) >= 11 is 0.